The average molecular weight is 1070 g/mol. The first-order valence-corrected chi connectivity index (χ1v) is 23.6. The lowest BCUT2D eigenvalue weighted by molar-refractivity contribution is 0.162. The van der Waals surface area contributed by atoms with Crippen molar-refractivity contribution in [3.05, 3.63) is 131 Å². The topological polar surface area (TPSA) is 185 Å². The van der Waals surface area contributed by atoms with Gasteiger partial charge in [-0.1, -0.05) is 63.2 Å². The number of aromatic nitrogens is 6. The first-order valence-electron chi connectivity index (χ1n) is 23.6. The van der Waals surface area contributed by atoms with Crippen LogP contribution in [0.25, 0.3) is 44.3 Å². The summed E-state index contributed by atoms with van der Waals surface area (Å²) in [5.74, 6) is 1.88. The molecule has 0 bridgehead atoms. The van der Waals surface area contributed by atoms with Crippen LogP contribution < -0.4 is 40.2 Å². The summed E-state index contributed by atoms with van der Waals surface area (Å²) in [4.78, 5) is 45.1. The predicted molar refractivity (Wildman–Crippen MR) is 279 cm³/mol. The third kappa shape index (κ3) is 10.9. The number of hydrogen-bond acceptors (Lipinski definition) is 14. The number of halogens is 4. The molecule has 8 rings (SSSR count). The minimum Gasteiger partial charge on any atom is -0.497 e. The van der Waals surface area contributed by atoms with Gasteiger partial charge in [-0.25, -0.2) is 52.3 Å². The Morgan fingerprint density at radius 1 is 0.676 bits per heavy atom. The molecule has 19 heteroatoms. The number of anilines is 4. The number of ether oxygens (including phenoxy) is 4. The zero-order valence-corrected chi connectivity index (χ0v) is 42.4. The number of carbonyl (C=O) groups is 1. The van der Waals surface area contributed by atoms with Crippen LogP contribution in [0.4, 0.5) is 45.6 Å². The molecule has 8 aromatic rings. The van der Waals surface area contributed by atoms with E-state index in [1.807, 2.05) is 84.0 Å². The number of nitrogens with one attached hydrogen (secondary N) is 2. The van der Waals surface area contributed by atoms with Crippen molar-refractivity contribution < 1.29 is 41.3 Å². The molecule has 0 spiro atoms. The Kier molecular flexibility index (Phi) is 15.3. The number of nitrogen functional groups attached to an aromatic ring is 1. The minimum atomic E-state index is -2.74. The zero-order valence-electron chi connectivity index (χ0n) is 42.4. The standard InChI is InChI=1S/C55H56F4N10O5/c1-29-15-19-38(73-26-33-13-11-10-12-14-33)31(3)45(29)50-48-37(23-44(68-50)62-25-42(58)59)53(66-28-64-48)69(51(55(5,6)7)35-18-17-34(71-8)21-40(35)72-9)54(70)74-39-20-16-30(2)46(32(39)4)49-47-36(52(60)65-27-63-47)22-43(67-49)61-24-41(56)57/h10-23,27-28,41-42,51H,24-26H2,1-9H3,(H,61,67)(H,62,68)(H2,60,63,65)/t51-/m0/s1/i55+54. The Balaban J connectivity index is 1.35. The summed E-state index contributed by atoms with van der Waals surface area (Å²) in [5.41, 5.74) is 12.0. The second-order valence-electron chi connectivity index (χ2n) is 18.7. The minimum absolute atomic E-state index is 0.0518. The maximum absolute atomic E-state index is 15.8. The molecule has 4 heterocycles. The first-order chi connectivity index (χ1) is 35.4. The highest BCUT2D eigenvalue weighted by Gasteiger charge is 2.41. The molecule has 0 saturated heterocycles. The number of benzene rings is 4. The van der Waals surface area contributed by atoms with Crippen molar-refractivity contribution >= 4 is 51.2 Å². The molecule has 0 aliphatic rings. The highest BCUT2D eigenvalue weighted by atomic mass is 66.1. The van der Waals surface area contributed by atoms with Crippen LogP contribution in [0.1, 0.15) is 60.2 Å². The first kappa shape index (κ1) is 52.0. The number of nitrogens with zero attached hydrogens (tertiary/aromatic N) is 7. The van der Waals surface area contributed by atoms with E-state index in [-0.39, 0.29) is 46.7 Å². The van der Waals surface area contributed by atoms with Crippen molar-refractivity contribution in [1.29, 1.82) is 0 Å². The van der Waals surface area contributed by atoms with E-state index in [4.69, 9.17) is 44.6 Å². The Morgan fingerprint density at radius 3 is 1.82 bits per heavy atom. The molecule has 4 N–H and O–H groups in total. The predicted octanol–water partition coefficient (Wildman–Crippen LogP) is 12.3. The summed E-state index contributed by atoms with van der Waals surface area (Å²) in [7, 11) is 3.04. The summed E-state index contributed by atoms with van der Waals surface area (Å²) in [5, 5.41) is 6.10. The second kappa shape index (κ2) is 21.8. The van der Waals surface area contributed by atoms with Crippen LogP contribution in [-0.4, -0.2) is 76.2 Å². The van der Waals surface area contributed by atoms with Crippen LogP contribution in [0.5, 0.6) is 23.0 Å². The van der Waals surface area contributed by atoms with E-state index >= 15 is 4.79 Å². The van der Waals surface area contributed by atoms with Crippen LogP contribution in [0.15, 0.2) is 97.6 Å². The smallest absolute Gasteiger partial charge is 0.421 e. The lowest BCUT2D eigenvalue weighted by Gasteiger charge is -2.40. The SMILES string of the molecule is COc1ccc([C@H](N(C(=O)Oc2ccc(C)c(-c3nc(NCC(F)F)cc4c(N)ncnc34)c2C)c2ncnc3c(-c4c(C)ccc(OCc5ccccc5)c4C)nc(NCC(F)F)cc23)[66C](C)(C)C)c(OC)c1. The number of fused-ring (bicyclic) bond motifs is 2. The van der Waals surface area contributed by atoms with E-state index in [2.05, 4.69) is 20.6 Å². The Labute approximate surface area is 425 Å². The highest BCUT2D eigenvalue weighted by Crippen LogP contribution is 2.48. The van der Waals surface area contributed by atoms with Gasteiger partial charge in [0, 0.05) is 44.7 Å². The quantitative estimate of drug-likeness (QED) is 0.0732. The summed E-state index contributed by atoms with van der Waals surface area (Å²) in [6.45, 7) is 12.0. The molecule has 384 valence electrons. The molecular formula is C55H56F4N10O5. The van der Waals surface area contributed by atoms with Crippen molar-refractivity contribution in [2.75, 3.05) is 48.6 Å². The number of amides is 1. The summed E-state index contributed by atoms with van der Waals surface area (Å²) >= 11 is 0. The summed E-state index contributed by atoms with van der Waals surface area (Å²) in [6, 6.07) is 24.2. The zero-order chi connectivity index (χ0) is 53.0. The fourth-order valence-electron chi connectivity index (χ4n) is 9.10. The number of methoxy groups -OCH3 is 2. The van der Waals surface area contributed by atoms with Gasteiger partial charge in [-0.3, -0.25) is 4.90 Å². The lowest BCUT2D eigenvalue weighted by Crippen LogP contribution is -2.43. The van der Waals surface area contributed by atoms with E-state index in [9.17, 15) is 17.6 Å². The van der Waals surface area contributed by atoms with E-state index in [0.717, 1.165) is 11.1 Å². The molecule has 0 unspecified atom stereocenters. The Bertz CT molecular complexity index is 3360. The van der Waals surface area contributed by atoms with Gasteiger partial charge in [0.15, 0.2) is 0 Å². The van der Waals surface area contributed by atoms with Gasteiger partial charge in [0.2, 0.25) is 0 Å². The van der Waals surface area contributed by atoms with Gasteiger partial charge >= 0.3 is 6.09 Å². The fourth-order valence-corrected chi connectivity index (χ4v) is 9.10. The molecule has 4 aromatic carbocycles. The molecular weight excluding hydrogens is 1010 g/mol. The van der Waals surface area contributed by atoms with Crippen molar-refractivity contribution in [3.8, 4) is 45.5 Å². The van der Waals surface area contributed by atoms with Gasteiger partial charge in [0.1, 0.15) is 76.6 Å². The Hall–Kier alpha value is -8.35. The number of aryl methyl sites for hydroxylation is 2. The normalized spacial score (nSPS) is 12.0. The monoisotopic (exact) mass is 1070 g/mol. The molecule has 0 fully saturated rings. The maximum Gasteiger partial charge on any atom is 0.421 e. The van der Waals surface area contributed by atoms with Gasteiger partial charge in [0.05, 0.1) is 44.7 Å². The lowest BCUT2D eigenvalue weighted by atomic mass is 9.97. The number of nitrogens with two attached hydrogens (primary N) is 1. The van der Waals surface area contributed by atoms with Crippen molar-refractivity contribution in [3.63, 3.8) is 0 Å². The average Bonchev–Trinajstić information content (AvgIpc) is 3.37. The molecule has 15 nitrogen and oxygen atoms in total. The van der Waals surface area contributed by atoms with Crippen LogP contribution in [-0.2, 0) is 6.61 Å². The van der Waals surface area contributed by atoms with Gasteiger partial charge in [-0.15, -0.1) is 0 Å². The summed E-state index contributed by atoms with van der Waals surface area (Å²) < 4.78 is 79.5. The number of hydrogen-bond donors (Lipinski definition) is 3. The summed E-state index contributed by atoms with van der Waals surface area (Å²) in [6.07, 6.45) is -3.72. The molecule has 0 radical (unpaired) electrons. The Morgan fingerprint density at radius 2 is 1.24 bits per heavy atom. The van der Waals surface area contributed by atoms with E-state index < -0.39 is 43.5 Å². The third-order valence-corrected chi connectivity index (χ3v) is 12.5. The van der Waals surface area contributed by atoms with Gasteiger partial charge in [-0.05, 0) is 86.2 Å². The molecule has 4 aromatic heterocycles. The van der Waals surface area contributed by atoms with E-state index in [1.165, 1.54) is 43.9 Å². The van der Waals surface area contributed by atoms with Crippen LogP contribution >= 0.6 is 0 Å². The van der Waals surface area contributed by atoms with Crippen LogP contribution in [0.2, 0.25) is 0 Å². The van der Waals surface area contributed by atoms with Crippen molar-refractivity contribution in [2.24, 2.45) is 5.41 Å². The van der Waals surface area contributed by atoms with E-state index in [1.54, 1.807) is 37.3 Å². The van der Waals surface area contributed by atoms with Gasteiger partial charge < -0.3 is 35.3 Å². The number of rotatable bonds is 17. The van der Waals surface area contributed by atoms with E-state index in [0.29, 0.717) is 72.7 Å². The molecule has 0 aliphatic heterocycles. The molecule has 1 atom stereocenters. The molecule has 0 aliphatic carbocycles. The number of alkyl halides is 4. The third-order valence-electron chi connectivity index (χ3n) is 12.5. The largest absolute Gasteiger partial charge is 0.497 e. The van der Waals surface area contributed by atoms with Crippen LogP contribution in [0.3, 0.4) is 0 Å². The number of pyridine rings is 2. The highest BCUT2D eigenvalue weighted by molar-refractivity contribution is 6.05. The van der Waals surface area contributed by atoms with Crippen molar-refractivity contribution in [2.45, 2.75) is 74.0 Å². The second-order valence-corrected chi connectivity index (χ2v) is 18.7. The molecule has 74 heavy (non-hydrogen) atoms. The van der Waals surface area contributed by atoms with Crippen LogP contribution in [0, 0.1) is 33.1 Å². The molecule has 1 amide bonds. The maximum atomic E-state index is 15.8. The van der Waals surface area contributed by atoms with Crippen molar-refractivity contribution in [1.82, 2.24) is 29.9 Å². The van der Waals surface area contributed by atoms with Gasteiger partial charge in [-0.2, -0.15) is 0 Å². The van der Waals surface area contributed by atoms with Gasteiger partial charge in [0.25, 0.3) is 12.9 Å². The molecule has 0 saturated carbocycles. The fraction of sp³-hybridized carbons (Fsp3) is 0.291. The number of carbonyl (C=O) groups excluding carboxylic acids is 1.